The van der Waals surface area contributed by atoms with Crippen molar-refractivity contribution in [2.75, 3.05) is 5.32 Å². The number of carbonyl (C=O) groups is 1. The average molecular weight is 411 g/mol. The molecule has 2 heterocycles. The van der Waals surface area contributed by atoms with Crippen LogP contribution in [0.1, 0.15) is 52.6 Å². The number of carbonyl (C=O) groups excluding carboxylic acids is 1. The zero-order valence-corrected chi connectivity index (χ0v) is 18.0. The first-order chi connectivity index (χ1) is 15.1. The molecule has 2 aromatic carbocycles. The Bertz CT molecular complexity index is 1270. The molecule has 0 saturated carbocycles. The maximum atomic E-state index is 12.1. The molecule has 0 spiro atoms. The number of hydrogen-bond donors (Lipinski definition) is 1. The van der Waals surface area contributed by atoms with Crippen LogP contribution in [0.15, 0.2) is 54.6 Å². The Morgan fingerprint density at radius 1 is 1.03 bits per heavy atom. The van der Waals surface area contributed by atoms with Crippen molar-refractivity contribution in [3.8, 4) is 5.95 Å². The standard InChI is InChI=1S/C26H26N4O/c1-17-15-22-20(18(2)31)12-8-14-24(22)30(17)26-28-23-13-7-6-11-21(23)25(29-26)27-16-19-9-4-3-5-10-19/h3-5,8-10,12,14-15H,6-7,11,13,16H2,1-2H3,(H,27,28,29). The molecule has 1 aliphatic rings. The lowest BCUT2D eigenvalue weighted by Crippen LogP contribution is -2.16. The summed E-state index contributed by atoms with van der Waals surface area (Å²) in [5.74, 6) is 1.66. The van der Waals surface area contributed by atoms with Gasteiger partial charge in [-0.05, 0) is 57.2 Å². The van der Waals surface area contributed by atoms with Crippen LogP contribution in [0, 0.1) is 6.92 Å². The van der Waals surface area contributed by atoms with Crippen LogP contribution >= 0.6 is 0 Å². The molecule has 0 radical (unpaired) electrons. The van der Waals surface area contributed by atoms with Crippen LogP contribution in [0.2, 0.25) is 0 Å². The number of rotatable bonds is 5. The van der Waals surface area contributed by atoms with E-state index in [1.54, 1.807) is 6.92 Å². The van der Waals surface area contributed by atoms with Gasteiger partial charge in [-0.1, -0.05) is 42.5 Å². The van der Waals surface area contributed by atoms with Crippen molar-refractivity contribution in [2.45, 2.75) is 46.1 Å². The lowest BCUT2D eigenvalue weighted by Gasteiger charge is -2.21. The molecule has 1 aliphatic carbocycles. The molecule has 2 aromatic heterocycles. The molecular weight excluding hydrogens is 384 g/mol. The Balaban J connectivity index is 1.62. The first kappa shape index (κ1) is 19.5. The van der Waals surface area contributed by atoms with Gasteiger partial charge in [-0.2, -0.15) is 4.98 Å². The molecule has 5 rings (SSSR count). The van der Waals surface area contributed by atoms with Gasteiger partial charge in [0.05, 0.1) is 11.2 Å². The minimum absolute atomic E-state index is 0.0688. The van der Waals surface area contributed by atoms with E-state index in [1.165, 1.54) is 17.5 Å². The molecular formula is C26H26N4O. The van der Waals surface area contributed by atoms with E-state index < -0.39 is 0 Å². The zero-order chi connectivity index (χ0) is 21.4. The Hall–Kier alpha value is -3.47. The van der Waals surface area contributed by atoms with Crippen LogP contribution in [0.5, 0.6) is 0 Å². The second-order valence-corrected chi connectivity index (χ2v) is 8.26. The summed E-state index contributed by atoms with van der Waals surface area (Å²) in [7, 11) is 0. The van der Waals surface area contributed by atoms with Crippen molar-refractivity contribution in [3.05, 3.63) is 82.7 Å². The van der Waals surface area contributed by atoms with E-state index in [0.717, 1.165) is 59.5 Å². The molecule has 31 heavy (non-hydrogen) atoms. The number of ketones is 1. The molecule has 5 heteroatoms. The van der Waals surface area contributed by atoms with E-state index in [1.807, 2.05) is 31.2 Å². The van der Waals surface area contributed by atoms with Crippen LogP contribution in [0.25, 0.3) is 16.9 Å². The Morgan fingerprint density at radius 3 is 2.65 bits per heavy atom. The molecule has 0 unspecified atom stereocenters. The molecule has 0 atom stereocenters. The van der Waals surface area contributed by atoms with Gasteiger partial charge in [0.25, 0.3) is 0 Å². The Kier molecular flexibility index (Phi) is 5.02. The van der Waals surface area contributed by atoms with Gasteiger partial charge in [0.15, 0.2) is 5.78 Å². The molecule has 0 bridgehead atoms. The van der Waals surface area contributed by atoms with Crippen LogP contribution in [-0.2, 0) is 19.4 Å². The van der Waals surface area contributed by atoms with Crippen molar-refractivity contribution in [1.29, 1.82) is 0 Å². The lowest BCUT2D eigenvalue weighted by atomic mass is 9.96. The molecule has 0 aliphatic heterocycles. The van der Waals surface area contributed by atoms with Crippen molar-refractivity contribution < 1.29 is 4.79 Å². The molecule has 1 N–H and O–H groups in total. The van der Waals surface area contributed by atoms with Crippen LogP contribution in [0.4, 0.5) is 5.82 Å². The maximum Gasteiger partial charge on any atom is 0.236 e. The largest absolute Gasteiger partial charge is 0.366 e. The minimum Gasteiger partial charge on any atom is -0.366 e. The predicted octanol–water partition coefficient (Wildman–Crippen LogP) is 5.42. The summed E-state index contributed by atoms with van der Waals surface area (Å²) in [6.45, 7) is 4.38. The summed E-state index contributed by atoms with van der Waals surface area (Å²) in [6.07, 6.45) is 4.30. The van der Waals surface area contributed by atoms with E-state index in [2.05, 4.69) is 40.2 Å². The molecule has 5 nitrogen and oxygen atoms in total. The fourth-order valence-electron chi connectivity index (χ4n) is 4.54. The monoisotopic (exact) mass is 410 g/mol. The SMILES string of the molecule is CC(=O)c1cccc2c1cc(C)n2-c1nc2c(c(NCc3ccccc3)n1)CCCC2. The summed E-state index contributed by atoms with van der Waals surface area (Å²) < 4.78 is 2.07. The third-order valence-electron chi connectivity index (χ3n) is 6.08. The number of nitrogens with one attached hydrogen (secondary N) is 1. The van der Waals surface area contributed by atoms with Crippen molar-refractivity contribution >= 4 is 22.5 Å². The van der Waals surface area contributed by atoms with Gasteiger partial charge in [-0.3, -0.25) is 9.36 Å². The Labute approximate surface area is 182 Å². The van der Waals surface area contributed by atoms with Gasteiger partial charge in [0, 0.05) is 28.8 Å². The van der Waals surface area contributed by atoms with Gasteiger partial charge in [-0.25, -0.2) is 4.98 Å². The lowest BCUT2D eigenvalue weighted by molar-refractivity contribution is 0.101. The highest BCUT2D eigenvalue weighted by atomic mass is 16.1. The van der Waals surface area contributed by atoms with Crippen molar-refractivity contribution in [1.82, 2.24) is 14.5 Å². The number of benzene rings is 2. The fraction of sp³-hybridized carbons (Fsp3) is 0.269. The highest BCUT2D eigenvalue weighted by molar-refractivity contribution is 6.07. The van der Waals surface area contributed by atoms with E-state index in [-0.39, 0.29) is 5.78 Å². The second-order valence-electron chi connectivity index (χ2n) is 8.26. The summed E-state index contributed by atoms with van der Waals surface area (Å²) in [6, 6.07) is 18.3. The van der Waals surface area contributed by atoms with E-state index in [0.29, 0.717) is 5.95 Å². The summed E-state index contributed by atoms with van der Waals surface area (Å²) >= 11 is 0. The normalized spacial score (nSPS) is 13.2. The highest BCUT2D eigenvalue weighted by Crippen LogP contribution is 2.30. The average Bonchev–Trinajstić information content (AvgIpc) is 3.13. The van der Waals surface area contributed by atoms with Gasteiger partial charge in [-0.15, -0.1) is 0 Å². The second kappa shape index (κ2) is 7.99. The number of aryl methyl sites for hydroxylation is 2. The summed E-state index contributed by atoms with van der Waals surface area (Å²) in [5, 5.41) is 4.52. The van der Waals surface area contributed by atoms with Crippen molar-refractivity contribution in [2.24, 2.45) is 0 Å². The third-order valence-corrected chi connectivity index (χ3v) is 6.08. The highest BCUT2D eigenvalue weighted by Gasteiger charge is 2.21. The molecule has 156 valence electrons. The molecule has 0 saturated heterocycles. The first-order valence-corrected chi connectivity index (χ1v) is 10.9. The topological polar surface area (TPSA) is 59.8 Å². The fourth-order valence-corrected chi connectivity index (χ4v) is 4.54. The molecule has 0 amide bonds. The summed E-state index contributed by atoms with van der Waals surface area (Å²) in [5.41, 5.74) is 6.32. The first-order valence-electron chi connectivity index (χ1n) is 10.9. The van der Waals surface area contributed by atoms with E-state index >= 15 is 0 Å². The maximum absolute atomic E-state index is 12.1. The summed E-state index contributed by atoms with van der Waals surface area (Å²) in [4.78, 5) is 22.1. The number of nitrogens with zero attached hydrogens (tertiary/aromatic N) is 3. The zero-order valence-electron chi connectivity index (χ0n) is 18.0. The number of hydrogen-bond acceptors (Lipinski definition) is 4. The molecule has 4 aromatic rings. The smallest absolute Gasteiger partial charge is 0.236 e. The van der Waals surface area contributed by atoms with Crippen LogP contribution in [-0.4, -0.2) is 20.3 Å². The van der Waals surface area contributed by atoms with Gasteiger partial charge in [0.1, 0.15) is 5.82 Å². The van der Waals surface area contributed by atoms with Crippen LogP contribution < -0.4 is 5.32 Å². The number of anilines is 1. The van der Waals surface area contributed by atoms with Crippen molar-refractivity contribution in [3.63, 3.8) is 0 Å². The van der Waals surface area contributed by atoms with Gasteiger partial charge >= 0.3 is 0 Å². The van der Waals surface area contributed by atoms with Gasteiger partial charge < -0.3 is 5.32 Å². The number of aromatic nitrogens is 3. The molecule has 0 fully saturated rings. The van der Waals surface area contributed by atoms with Crippen LogP contribution in [0.3, 0.4) is 0 Å². The van der Waals surface area contributed by atoms with E-state index in [9.17, 15) is 4.79 Å². The number of Topliss-reactive ketones (excluding diaryl/α,β-unsaturated/α-hetero) is 1. The number of fused-ring (bicyclic) bond motifs is 2. The quantitative estimate of drug-likeness (QED) is 0.446. The van der Waals surface area contributed by atoms with Gasteiger partial charge in [0.2, 0.25) is 5.95 Å². The van der Waals surface area contributed by atoms with E-state index in [4.69, 9.17) is 9.97 Å². The Morgan fingerprint density at radius 2 is 1.84 bits per heavy atom. The third kappa shape index (κ3) is 3.61. The minimum atomic E-state index is 0.0688. The predicted molar refractivity (Wildman–Crippen MR) is 124 cm³/mol.